The Labute approximate surface area is 367 Å². The molecule has 0 saturated carbocycles. The number of hydrogen-bond donors (Lipinski definition) is 0. The molecule has 3 heterocycles. The molecule has 0 unspecified atom stereocenters. The summed E-state index contributed by atoms with van der Waals surface area (Å²) in [6, 6.07) is 81.6. The number of para-hydroxylation sites is 4. The molecule has 11 aromatic carbocycles. The summed E-state index contributed by atoms with van der Waals surface area (Å²) in [5.41, 5.74) is 11.9. The lowest BCUT2D eigenvalue weighted by atomic mass is 9.94. The van der Waals surface area contributed by atoms with Crippen molar-refractivity contribution in [3.05, 3.63) is 224 Å². The van der Waals surface area contributed by atoms with Gasteiger partial charge in [-0.05, 0) is 117 Å². The van der Waals surface area contributed by atoms with Gasteiger partial charge in [0.2, 0.25) is 0 Å². The van der Waals surface area contributed by atoms with Gasteiger partial charge < -0.3 is 18.5 Å². The van der Waals surface area contributed by atoms with E-state index in [-0.39, 0.29) is 0 Å². The van der Waals surface area contributed by atoms with Gasteiger partial charge in [-0.3, -0.25) is 0 Å². The van der Waals surface area contributed by atoms with Gasteiger partial charge in [0, 0.05) is 44.0 Å². The van der Waals surface area contributed by atoms with E-state index in [9.17, 15) is 0 Å². The molecule has 0 bridgehead atoms. The summed E-state index contributed by atoms with van der Waals surface area (Å²) < 4.78 is 11.4. The number of hydrogen-bond acceptors (Lipinski definition) is 2. The van der Waals surface area contributed by atoms with Crippen molar-refractivity contribution in [1.82, 2.24) is 9.13 Å². The van der Waals surface area contributed by atoms with Crippen LogP contribution in [0.1, 0.15) is 0 Å². The molecule has 0 N–H and O–H groups in total. The molecule has 0 aliphatic rings. The minimum absolute atomic E-state index is 0.860. The zero-order valence-corrected chi connectivity index (χ0v) is 34.6. The van der Waals surface area contributed by atoms with Crippen LogP contribution in [0.5, 0.6) is 0 Å². The quantitative estimate of drug-likeness (QED) is 0.162. The van der Waals surface area contributed by atoms with E-state index in [0.29, 0.717) is 0 Å². The van der Waals surface area contributed by atoms with Crippen molar-refractivity contribution in [3.63, 3.8) is 0 Å². The predicted octanol–water partition coefficient (Wildman–Crippen LogP) is 16.7. The van der Waals surface area contributed by atoms with E-state index >= 15 is 0 Å². The number of nitrogens with zero attached hydrogens (tertiary/aromatic N) is 3. The normalized spacial score (nSPS) is 12.1. The molecule has 0 aliphatic heterocycles. The SMILES string of the molecule is c1ccc(-n2c3ccccc3c3cc(-n4c5ccccc5c5c(N(c6ccc7c8ccccc8c8ccccc8c7c6)c6cccc7oc8ccccc8c67)cccc54)ccc32)cc1. The van der Waals surface area contributed by atoms with Crippen molar-refractivity contribution >= 4 is 115 Å². The van der Waals surface area contributed by atoms with E-state index in [2.05, 4.69) is 232 Å². The van der Waals surface area contributed by atoms with Gasteiger partial charge in [0.05, 0.1) is 38.8 Å². The second-order valence-corrected chi connectivity index (χ2v) is 16.8. The van der Waals surface area contributed by atoms with E-state index < -0.39 is 0 Å². The van der Waals surface area contributed by atoms with Gasteiger partial charge in [-0.25, -0.2) is 0 Å². The van der Waals surface area contributed by atoms with Gasteiger partial charge in [-0.1, -0.05) is 140 Å². The molecule has 0 amide bonds. The van der Waals surface area contributed by atoms with Crippen LogP contribution in [0.2, 0.25) is 0 Å². The topological polar surface area (TPSA) is 26.2 Å². The molecule has 4 nitrogen and oxygen atoms in total. The van der Waals surface area contributed by atoms with Crippen LogP contribution >= 0.6 is 0 Å². The van der Waals surface area contributed by atoms with Crippen LogP contribution in [-0.2, 0) is 0 Å². The van der Waals surface area contributed by atoms with Gasteiger partial charge in [0.25, 0.3) is 0 Å². The molecule has 3 aromatic heterocycles. The molecule has 0 radical (unpaired) electrons. The highest BCUT2D eigenvalue weighted by atomic mass is 16.3. The standard InChI is InChI=1S/C60H37N3O/c1-2-16-38(17-3-1)61-51-25-11-8-22-46(51)50-37-40(33-35-53(50)61)62-52-26-12-9-23-47(52)59-54(62)27-14-28-55(59)63(56-29-15-31-58-60(56)48-24-10-13-30-57(48)64-58)39-32-34-45-43-20-5-4-18-41(43)42-19-6-7-21-44(42)49(45)36-39/h1-37H. The summed E-state index contributed by atoms with van der Waals surface area (Å²) in [7, 11) is 0. The summed E-state index contributed by atoms with van der Waals surface area (Å²) in [6.07, 6.45) is 0. The molecule has 0 saturated heterocycles. The third kappa shape index (κ3) is 4.93. The van der Waals surface area contributed by atoms with Crippen molar-refractivity contribution in [2.75, 3.05) is 4.90 Å². The number of aromatic nitrogens is 2. The van der Waals surface area contributed by atoms with Gasteiger partial charge in [-0.2, -0.15) is 0 Å². The molecular weight excluding hydrogens is 779 g/mol. The maximum Gasteiger partial charge on any atom is 0.137 e. The molecule has 0 atom stereocenters. The Bertz CT molecular complexity index is 4170. The highest BCUT2D eigenvalue weighted by molar-refractivity contribution is 6.26. The first kappa shape index (κ1) is 35.0. The average molecular weight is 816 g/mol. The average Bonchev–Trinajstić information content (AvgIpc) is 4.03. The lowest BCUT2D eigenvalue weighted by Gasteiger charge is -2.28. The van der Waals surface area contributed by atoms with Crippen molar-refractivity contribution in [1.29, 1.82) is 0 Å². The molecular formula is C60H37N3O. The Kier molecular flexibility index (Phi) is 7.36. The highest BCUT2D eigenvalue weighted by Gasteiger charge is 2.25. The highest BCUT2D eigenvalue weighted by Crippen LogP contribution is 2.49. The van der Waals surface area contributed by atoms with E-state index in [0.717, 1.165) is 61.4 Å². The summed E-state index contributed by atoms with van der Waals surface area (Å²) in [5.74, 6) is 0. The van der Waals surface area contributed by atoms with E-state index in [1.165, 1.54) is 64.9 Å². The molecule has 14 rings (SSSR count). The van der Waals surface area contributed by atoms with Crippen LogP contribution in [-0.4, -0.2) is 9.13 Å². The van der Waals surface area contributed by atoms with Crippen molar-refractivity contribution in [2.45, 2.75) is 0 Å². The minimum Gasteiger partial charge on any atom is -0.456 e. The Morgan fingerprint density at radius 2 is 0.797 bits per heavy atom. The largest absolute Gasteiger partial charge is 0.456 e. The molecule has 298 valence electrons. The van der Waals surface area contributed by atoms with Crippen molar-refractivity contribution in [3.8, 4) is 11.4 Å². The van der Waals surface area contributed by atoms with Crippen LogP contribution < -0.4 is 4.90 Å². The van der Waals surface area contributed by atoms with E-state index in [1.807, 2.05) is 6.07 Å². The second-order valence-electron chi connectivity index (χ2n) is 16.8. The van der Waals surface area contributed by atoms with Crippen molar-refractivity contribution < 1.29 is 4.42 Å². The van der Waals surface area contributed by atoms with Crippen LogP contribution in [0.3, 0.4) is 0 Å². The first-order valence-electron chi connectivity index (χ1n) is 21.9. The summed E-state index contributed by atoms with van der Waals surface area (Å²) in [4.78, 5) is 2.48. The lowest BCUT2D eigenvalue weighted by Crippen LogP contribution is -2.11. The number of rotatable bonds is 5. The van der Waals surface area contributed by atoms with Crippen LogP contribution in [0.4, 0.5) is 17.1 Å². The molecule has 64 heavy (non-hydrogen) atoms. The fourth-order valence-electron chi connectivity index (χ4n) is 10.8. The summed E-state index contributed by atoms with van der Waals surface area (Å²) >= 11 is 0. The van der Waals surface area contributed by atoms with Gasteiger partial charge in [0.15, 0.2) is 0 Å². The fourth-order valence-corrected chi connectivity index (χ4v) is 10.8. The Morgan fingerprint density at radius 1 is 0.281 bits per heavy atom. The number of fused-ring (bicyclic) bond motifs is 15. The van der Waals surface area contributed by atoms with E-state index in [4.69, 9.17) is 4.42 Å². The maximum absolute atomic E-state index is 6.57. The van der Waals surface area contributed by atoms with Crippen molar-refractivity contribution in [2.24, 2.45) is 0 Å². The van der Waals surface area contributed by atoms with Crippen LogP contribution in [0, 0.1) is 0 Å². The second kappa shape index (κ2) is 13.4. The fraction of sp³-hybridized carbons (Fsp3) is 0. The maximum atomic E-state index is 6.57. The Morgan fingerprint density at radius 3 is 1.55 bits per heavy atom. The summed E-state index contributed by atoms with van der Waals surface area (Å²) in [6.45, 7) is 0. The zero-order valence-electron chi connectivity index (χ0n) is 34.6. The Hall–Kier alpha value is -8.60. The number of benzene rings is 11. The number of furan rings is 1. The predicted molar refractivity (Wildman–Crippen MR) is 270 cm³/mol. The van der Waals surface area contributed by atoms with Gasteiger partial charge >= 0.3 is 0 Å². The molecule has 14 aromatic rings. The van der Waals surface area contributed by atoms with Gasteiger partial charge in [0.1, 0.15) is 11.2 Å². The first-order chi connectivity index (χ1) is 31.8. The lowest BCUT2D eigenvalue weighted by molar-refractivity contribution is 0.669. The van der Waals surface area contributed by atoms with E-state index in [1.54, 1.807) is 0 Å². The molecule has 0 spiro atoms. The third-order valence-electron chi connectivity index (χ3n) is 13.5. The van der Waals surface area contributed by atoms with Crippen LogP contribution in [0.15, 0.2) is 229 Å². The Balaban J connectivity index is 1.07. The number of anilines is 3. The van der Waals surface area contributed by atoms with Gasteiger partial charge in [-0.15, -0.1) is 0 Å². The smallest absolute Gasteiger partial charge is 0.137 e. The third-order valence-corrected chi connectivity index (χ3v) is 13.5. The monoisotopic (exact) mass is 815 g/mol. The van der Waals surface area contributed by atoms with Crippen LogP contribution in [0.25, 0.3) is 109 Å². The molecule has 0 aliphatic carbocycles. The molecule has 4 heteroatoms. The first-order valence-corrected chi connectivity index (χ1v) is 21.9. The minimum atomic E-state index is 0.860. The zero-order chi connectivity index (χ0) is 41.9. The summed E-state index contributed by atoms with van der Waals surface area (Å²) in [5, 5.41) is 14.5. The molecule has 0 fully saturated rings.